The van der Waals surface area contributed by atoms with Crippen molar-refractivity contribution >= 4 is 17.4 Å². The summed E-state index contributed by atoms with van der Waals surface area (Å²) in [5, 5.41) is 4.22. The number of rotatable bonds is 4. The van der Waals surface area contributed by atoms with Gasteiger partial charge in [0, 0.05) is 5.69 Å². The Bertz CT molecular complexity index is 1170. The summed E-state index contributed by atoms with van der Waals surface area (Å²) in [5.74, 6) is -0.813. The predicted octanol–water partition coefficient (Wildman–Crippen LogP) is 6.71. The fourth-order valence-electron chi connectivity index (χ4n) is 2.84. The molecule has 0 fully saturated rings. The zero-order valence-electron chi connectivity index (χ0n) is 17.4. The lowest BCUT2D eigenvalue weighted by Gasteiger charge is -2.16. The molecule has 0 aliphatic rings. The van der Waals surface area contributed by atoms with Gasteiger partial charge < -0.3 is 15.4 Å². The van der Waals surface area contributed by atoms with E-state index in [-0.39, 0.29) is 34.9 Å². The Labute approximate surface area is 187 Å². The van der Waals surface area contributed by atoms with Crippen LogP contribution in [0.3, 0.4) is 0 Å². The van der Waals surface area contributed by atoms with Crippen LogP contribution in [0.2, 0.25) is 0 Å². The van der Waals surface area contributed by atoms with Gasteiger partial charge in [-0.15, -0.1) is 0 Å². The highest BCUT2D eigenvalue weighted by atomic mass is 19.4. The molecule has 1 heterocycles. The van der Waals surface area contributed by atoms with Crippen LogP contribution in [0.15, 0.2) is 42.5 Å². The Morgan fingerprint density at radius 1 is 0.853 bits per heavy atom. The molecule has 0 radical (unpaired) electrons. The average Bonchev–Trinajstić information content (AvgIpc) is 2.71. The Kier molecular flexibility index (Phi) is 6.66. The number of carbonyl (C=O) groups excluding carboxylic acids is 1. The van der Waals surface area contributed by atoms with E-state index >= 15 is 0 Å². The molecule has 0 aliphatic carbocycles. The lowest BCUT2D eigenvalue weighted by atomic mass is 10.1. The number of amides is 2. The van der Waals surface area contributed by atoms with Crippen molar-refractivity contribution in [2.24, 2.45) is 0 Å². The number of halogens is 7. The van der Waals surface area contributed by atoms with Gasteiger partial charge in [0.1, 0.15) is 0 Å². The van der Waals surface area contributed by atoms with Crippen molar-refractivity contribution in [1.29, 1.82) is 0 Å². The number of aromatic nitrogens is 2. The molecule has 13 heteroatoms. The SMILES string of the molecule is Cc1nc(Oc2ccccc2F)nc(C)c1NC(=O)Nc1cc(C(F)(F)F)cc(C(F)(F)F)c1. The molecule has 0 atom stereocenters. The number of benzene rings is 2. The lowest BCUT2D eigenvalue weighted by Crippen LogP contribution is -2.22. The Morgan fingerprint density at radius 2 is 1.38 bits per heavy atom. The summed E-state index contributed by atoms with van der Waals surface area (Å²) in [4.78, 5) is 20.3. The molecule has 2 N–H and O–H groups in total. The van der Waals surface area contributed by atoms with Gasteiger partial charge in [0.05, 0.1) is 28.2 Å². The van der Waals surface area contributed by atoms with E-state index in [9.17, 15) is 35.5 Å². The van der Waals surface area contributed by atoms with Gasteiger partial charge in [0.25, 0.3) is 0 Å². The van der Waals surface area contributed by atoms with E-state index in [0.29, 0.717) is 12.1 Å². The van der Waals surface area contributed by atoms with E-state index < -0.39 is 41.0 Å². The molecule has 1 aromatic heterocycles. The first-order chi connectivity index (χ1) is 15.7. The van der Waals surface area contributed by atoms with Crippen molar-refractivity contribution in [3.05, 3.63) is 70.8 Å². The molecule has 0 spiro atoms. The van der Waals surface area contributed by atoms with Crippen LogP contribution in [0.5, 0.6) is 11.8 Å². The van der Waals surface area contributed by atoms with E-state index in [4.69, 9.17) is 4.74 Å². The fourth-order valence-corrected chi connectivity index (χ4v) is 2.84. The maximum atomic E-state index is 13.8. The standard InChI is InChI=1S/C21H15F7N4O2/c1-10-17(11(2)30-19(29-10)34-16-6-4-3-5-15(16)22)32-18(33)31-14-8-12(20(23,24)25)7-13(9-14)21(26,27)28/h3-9H,1-2H3,(H2,31,32,33). The maximum Gasteiger partial charge on any atom is 0.416 e. The number of hydrogen-bond acceptors (Lipinski definition) is 4. The van der Waals surface area contributed by atoms with E-state index in [0.717, 1.165) is 6.07 Å². The highest BCUT2D eigenvalue weighted by Gasteiger charge is 2.37. The van der Waals surface area contributed by atoms with E-state index in [1.54, 1.807) is 0 Å². The van der Waals surface area contributed by atoms with Gasteiger partial charge >= 0.3 is 24.4 Å². The Morgan fingerprint density at radius 3 is 1.88 bits per heavy atom. The number of para-hydroxylation sites is 1. The van der Waals surface area contributed by atoms with Crippen LogP contribution < -0.4 is 15.4 Å². The van der Waals surface area contributed by atoms with Crippen molar-refractivity contribution in [3.63, 3.8) is 0 Å². The van der Waals surface area contributed by atoms with Gasteiger partial charge in [0.2, 0.25) is 0 Å². The number of carbonyl (C=O) groups is 1. The monoisotopic (exact) mass is 488 g/mol. The molecule has 2 aromatic carbocycles. The number of aryl methyl sites for hydroxylation is 2. The van der Waals surface area contributed by atoms with Crippen LogP contribution in [0, 0.1) is 19.7 Å². The van der Waals surface area contributed by atoms with E-state index in [1.807, 2.05) is 5.32 Å². The highest BCUT2D eigenvalue weighted by Crippen LogP contribution is 2.37. The number of nitrogens with zero attached hydrogens (tertiary/aromatic N) is 2. The van der Waals surface area contributed by atoms with Gasteiger partial charge in [0.15, 0.2) is 11.6 Å². The van der Waals surface area contributed by atoms with Gasteiger partial charge in [-0.05, 0) is 44.2 Å². The van der Waals surface area contributed by atoms with Crippen molar-refractivity contribution in [2.75, 3.05) is 10.6 Å². The minimum Gasteiger partial charge on any atom is -0.421 e. The lowest BCUT2D eigenvalue weighted by molar-refractivity contribution is -0.143. The maximum absolute atomic E-state index is 13.8. The van der Waals surface area contributed by atoms with E-state index in [1.165, 1.54) is 32.0 Å². The minimum absolute atomic E-state index is 0.0291. The van der Waals surface area contributed by atoms with Crippen LogP contribution in [0.4, 0.5) is 46.9 Å². The summed E-state index contributed by atoms with van der Waals surface area (Å²) in [6, 6.07) is 4.79. The number of urea groups is 1. The van der Waals surface area contributed by atoms with Gasteiger partial charge in [-0.25, -0.2) is 9.18 Å². The molecule has 0 saturated carbocycles. The third-order valence-corrected chi connectivity index (χ3v) is 4.37. The molecule has 34 heavy (non-hydrogen) atoms. The number of ether oxygens (including phenoxy) is 1. The first-order valence-electron chi connectivity index (χ1n) is 9.39. The second-order valence-corrected chi connectivity index (χ2v) is 6.96. The van der Waals surface area contributed by atoms with Crippen LogP contribution in [-0.2, 0) is 12.4 Å². The Hall–Kier alpha value is -3.90. The van der Waals surface area contributed by atoms with Gasteiger partial charge in [-0.1, -0.05) is 12.1 Å². The normalized spacial score (nSPS) is 11.8. The Balaban J connectivity index is 1.82. The minimum atomic E-state index is -5.07. The molecule has 6 nitrogen and oxygen atoms in total. The number of hydrogen-bond donors (Lipinski definition) is 2. The largest absolute Gasteiger partial charge is 0.421 e. The molecule has 0 aliphatic heterocycles. The second kappa shape index (κ2) is 9.15. The fraction of sp³-hybridized carbons (Fsp3) is 0.190. The molecule has 3 aromatic rings. The first-order valence-corrected chi connectivity index (χ1v) is 9.39. The summed E-state index contributed by atoms with van der Waals surface area (Å²) < 4.78 is 97.0. The molecule has 2 amide bonds. The summed E-state index contributed by atoms with van der Waals surface area (Å²) in [5.41, 5.74) is -3.56. The number of anilines is 2. The third-order valence-electron chi connectivity index (χ3n) is 4.37. The zero-order valence-corrected chi connectivity index (χ0v) is 17.4. The van der Waals surface area contributed by atoms with Crippen LogP contribution in [0.25, 0.3) is 0 Å². The predicted molar refractivity (Wildman–Crippen MR) is 107 cm³/mol. The van der Waals surface area contributed by atoms with Crippen LogP contribution in [-0.4, -0.2) is 16.0 Å². The molecule has 180 valence electrons. The number of alkyl halides is 6. The van der Waals surface area contributed by atoms with Gasteiger partial charge in [-0.3, -0.25) is 0 Å². The van der Waals surface area contributed by atoms with Crippen LogP contribution in [0.1, 0.15) is 22.5 Å². The third kappa shape index (κ3) is 5.91. The second-order valence-electron chi connectivity index (χ2n) is 6.96. The van der Waals surface area contributed by atoms with Crippen molar-refractivity contribution < 1.29 is 40.3 Å². The molecular weight excluding hydrogens is 473 g/mol. The number of nitrogens with one attached hydrogen (secondary N) is 2. The highest BCUT2D eigenvalue weighted by molar-refractivity contribution is 6.00. The molecule has 0 saturated heterocycles. The van der Waals surface area contributed by atoms with E-state index in [2.05, 4.69) is 15.3 Å². The summed E-state index contributed by atoms with van der Waals surface area (Å²) in [6.45, 7) is 2.87. The van der Waals surface area contributed by atoms with Crippen molar-refractivity contribution in [3.8, 4) is 11.8 Å². The summed E-state index contributed by atoms with van der Waals surface area (Å²) in [6.07, 6.45) is -10.1. The molecule has 0 unspecified atom stereocenters. The molecule has 3 rings (SSSR count). The quantitative estimate of drug-likeness (QED) is 0.401. The first kappa shape index (κ1) is 24.7. The molecule has 0 bridgehead atoms. The van der Waals surface area contributed by atoms with Crippen LogP contribution >= 0.6 is 0 Å². The molecular formula is C21H15F7N4O2. The average molecular weight is 488 g/mol. The summed E-state index contributed by atoms with van der Waals surface area (Å²) >= 11 is 0. The van der Waals surface area contributed by atoms with Gasteiger partial charge in [-0.2, -0.15) is 36.3 Å². The smallest absolute Gasteiger partial charge is 0.416 e. The van der Waals surface area contributed by atoms with Crippen molar-refractivity contribution in [2.45, 2.75) is 26.2 Å². The topological polar surface area (TPSA) is 76.1 Å². The summed E-state index contributed by atoms with van der Waals surface area (Å²) in [7, 11) is 0. The zero-order chi connectivity index (χ0) is 25.3. The van der Waals surface area contributed by atoms with Crippen molar-refractivity contribution in [1.82, 2.24) is 9.97 Å².